The monoisotopic (exact) mass is 375 g/mol. The molecule has 1 aromatic carbocycles. The van der Waals surface area contributed by atoms with Gasteiger partial charge in [-0.1, -0.05) is 43.5 Å². The van der Waals surface area contributed by atoms with E-state index in [1.165, 1.54) is 19.3 Å². The van der Waals surface area contributed by atoms with Crippen molar-refractivity contribution >= 4 is 6.03 Å². The van der Waals surface area contributed by atoms with Crippen LogP contribution in [0.15, 0.2) is 24.3 Å². The summed E-state index contributed by atoms with van der Waals surface area (Å²) in [6.07, 6.45) is 5.58. The second-order valence-corrected chi connectivity index (χ2v) is 7.84. The molecular weight excluding hydrogens is 342 g/mol. The van der Waals surface area contributed by atoms with E-state index in [0.29, 0.717) is 13.1 Å². The van der Waals surface area contributed by atoms with Crippen LogP contribution in [0.1, 0.15) is 56.3 Å². The molecule has 1 saturated carbocycles. The number of aliphatic hydroxyl groups excluding tert-OH is 1. The molecule has 2 fully saturated rings. The van der Waals surface area contributed by atoms with Crippen LogP contribution in [-0.2, 0) is 11.3 Å². The molecule has 0 radical (unpaired) electrons. The molecule has 2 amide bonds. The SMILES string of the molecule is CC(O)c1ccc(CNC(=O)NCC2(N3CCOCC3)CCCCC2)cc1. The Bertz CT molecular complexity index is 591. The van der Waals surface area contributed by atoms with Crippen molar-refractivity contribution < 1.29 is 14.6 Å². The van der Waals surface area contributed by atoms with Gasteiger partial charge in [0.25, 0.3) is 0 Å². The van der Waals surface area contributed by atoms with Crippen molar-refractivity contribution in [2.75, 3.05) is 32.8 Å². The van der Waals surface area contributed by atoms with Crippen LogP contribution in [0, 0.1) is 0 Å². The Morgan fingerprint density at radius 2 is 1.81 bits per heavy atom. The highest BCUT2D eigenvalue weighted by molar-refractivity contribution is 5.73. The second-order valence-electron chi connectivity index (χ2n) is 7.84. The van der Waals surface area contributed by atoms with Crippen LogP contribution in [0.25, 0.3) is 0 Å². The third-order valence-electron chi connectivity index (χ3n) is 5.96. The van der Waals surface area contributed by atoms with Crippen LogP contribution in [-0.4, -0.2) is 54.4 Å². The number of urea groups is 1. The van der Waals surface area contributed by atoms with Crippen molar-refractivity contribution in [1.29, 1.82) is 0 Å². The van der Waals surface area contributed by atoms with Crippen LogP contribution in [0.2, 0.25) is 0 Å². The van der Waals surface area contributed by atoms with Gasteiger partial charge in [-0.2, -0.15) is 0 Å². The topological polar surface area (TPSA) is 73.8 Å². The predicted molar refractivity (Wildman–Crippen MR) is 106 cm³/mol. The standard InChI is InChI=1S/C21H33N3O3/c1-17(25)19-7-5-18(6-8-19)15-22-20(26)23-16-21(9-3-2-4-10-21)24-11-13-27-14-12-24/h5-8,17,25H,2-4,9-16H2,1H3,(H2,22,23,26). The van der Waals surface area contributed by atoms with E-state index in [-0.39, 0.29) is 11.6 Å². The molecule has 1 aromatic rings. The van der Waals surface area contributed by atoms with Crippen molar-refractivity contribution in [1.82, 2.24) is 15.5 Å². The lowest BCUT2D eigenvalue weighted by atomic mass is 9.80. The Morgan fingerprint density at radius 3 is 2.44 bits per heavy atom. The number of nitrogens with one attached hydrogen (secondary N) is 2. The van der Waals surface area contributed by atoms with E-state index in [1.807, 2.05) is 24.3 Å². The zero-order valence-electron chi connectivity index (χ0n) is 16.4. The molecule has 6 nitrogen and oxygen atoms in total. The highest BCUT2D eigenvalue weighted by Crippen LogP contribution is 2.33. The summed E-state index contributed by atoms with van der Waals surface area (Å²) in [6, 6.07) is 7.56. The average molecular weight is 376 g/mol. The zero-order chi connectivity index (χ0) is 19.1. The average Bonchev–Trinajstić information content (AvgIpc) is 2.72. The van der Waals surface area contributed by atoms with Crippen molar-refractivity contribution in [3.63, 3.8) is 0 Å². The molecule has 3 rings (SSSR count). The van der Waals surface area contributed by atoms with E-state index in [4.69, 9.17) is 4.74 Å². The maximum absolute atomic E-state index is 12.4. The molecule has 27 heavy (non-hydrogen) atoms. The summed E-state index contributed by atoms with van der Waals surface area (Å²) in [7, 11) is 0. The van der Waals surface area contributed by atoms with Gasteiger partial charge in [-0.3, -0.25) is 4.90 Å². The molecule has 1 heterocycles. The van der Waals surface area contributed by atoms with Crippen molar-refractivity contribution in [3.8, 4) is 0 Å². The minimum atomic E-state index is -0.470. The number of hydrogen-bond donors (Lipinski definition) is 3. The Morgan fingerprint density at radius 1 is 1.15 bits per heavy atom. The molecule has 2 aliphatic rings. The molecule has 6 heteroatoms. The van der Waals surface area contributed by atoms with E-state index >= 15 is 0 Å². The molecule has 0 bridgehead atoms. The van der Waals surface area contributed by atoms with Crippen molar-refractivity contribution in [2.45, 2.75) is 57.2 Å². The van der Waals surface area contributed by atoms with E-state index < -0.39 is 6.10 Å². The van der Waals surface area contributed by atoms with Gasteiger partial charge in [0.2, 0.25) is 0 Å². The maximum atomic E-state index is 12.4. The Balaban J connectivity index is 1.50. The quantitative estimate of drug-likeness (QED) is 0.714. The molecule has 0 aromatic heterocycles. The van der Waals surface area contributed by atoms with Crippen LogP contribution in [0.5, 0.6) is 0 Å². The summed E-state index contributed by atoms with van der Waals surface area (Å²) < 4.78 is 5.51. The van der Waals surface area contributed by atoms with Gasteiger partial charge in [-0.05, 0) is 30.9 Å². The molecule has 1 unspecified atom stereocenters. The van der Waals surface area contributed by atoms with Gasteiger partial charge in [0.1, 0.15) is 0 Å². The normalized spacial score (nSPS) is 21.4. The number of rotatable bonds is 6. The third kappa shape index (κ3) is 5.43. The largest absolute Gasteiger partial charge is 0.389 e. The summed E-state index contributed by atoms with van der Waals surface area (Å²) in [4.78, 5) is 14.9. The van der Waals surface area contributed by atoms with Crippen LogP contribution in [0.3, 0.4) is 0 Å². The van der Waals surface area contributed by atoms with E-state index in [1.54, 1.807) is 6.92 Å². The van der Waals surface area contributed by atoms with Crippen molar-refractivity contribution in [3.05, 3.63) is 35.4 Å². The lowest BCUT2D eigenvalue weighted by Crippen LogP contribution is -2.60. The van der Waals surface area contributed by atoms with Gasteiger partial charge < -0.3 is 20.5 Å². The highest BCUT2D eigenvalue weighted by atomic mass is 16.5. The number of nitrogens with zero attached hydrogens (tertiary/aromatic N) is 1. The fraction of sp³-hybridized carbons (Fsp3) is 0.667. The van der Waals surface area contributed by atoms with E-state index in [2.05, 4.69) is 15.5 Å². The van der Waals surface area contributed by atoms with E-state index in [9.17, 15) is 9.90 Å². The summed E-state index contributed by atoms with van der Waals surface area (Å²) in [5.74, 6) is 0. The lowest BCUT2D eigenvalue weighted by molar-refractivity contribution is -0.0357. The first-order valence-electron chi connectivity index (χ1n) is 10.2. The third-order valence-corrected chi connectivity index (χ3v) is 5.96. The first-order valence-corrected chi connectivity index (χ1v) is 10.2. The molecule has 1 aliphatic heterocycles. The molecule has 150 valence electrons. The van der Waals surface area contributed by atoms with Gasteiger partial charge in [-0.25, -0.2) is 4.79 Å². The summed E-state index contributed by atoms with van der Waals surface area (Å²) in [5, 5.41) is 15.6. The Kier molecular flexibility index (Phi) is 7.10. The minimum Gasteiger partial charge on any atom is -0.389 e. The second kappa shape index (κ2) is 9.53. The number of ether oxygens (including phenoxy) is 1. The number of hydrogen-bond acceptors (Lipinski definition) is 4. The fourth-order valence-electron chi connectivity index (χ4n) is 4.26. The number of benzene rings is 1. The molecule has 1 atom stereocenters. The first kappa shape index (κ1) is 20.1. The van der Waals surface area contributed by atoms with Gasteiger partial charge in [0, 0.05) is 31.7 Å². The van der Waals surface area contributed by atoms with Crippen LogP contribution < -0.4 is 10.6 Å². The lowest BCUT2D eigenvalue weighted by Gasteiger charge is -2.48. The molecule has 0 spiro atoms. The molecule has 1 saturated heterocycles. The maximum Gasteiger partial charge on any atom is 0.315 e. The van der Waals surface area contributed by atoms with Gasteiger partial charge in [-0.15, -0.1) is 0 Å². The summed E-state index contributed by atoms with van der Waals surface area (Å²) in [5.41, 5.74) is 1.99. The Labute approximate surface area is 162 Å². The summed E-state index contributed by atoms with van der Waals surface area (Å²) >= 11 is 0. The number of morpholine rings is 1. The zero-order valence-corrected chi connectivity index (χ0v) is 16.4. The highest BCUT2D eigenvalue weighted by Gasteiger charge is 2.38. The van der Waals surface area contributed by atoms with E-state index in [0.717, 1.165) is 50.3 Å². The molecule has 1 aliphatic carbocycles. The van der Waals surface area contributed by atoms with Gasteiger partial charge >= 0.3 is 6.03 Å². The van der Waals surface area contributed by atoms with Crippen LogP contribution >= 0.6 is 0 Å². The van der Waals surface area contributed by atoms with Crippen molar-refractivity contribution in [2.24, 2.45) is 0 Å². The predicted octanol–water partition coefficient (Wildman–Crippen LogP) is 2.57. The number of aliphatic hydroxyl groups is 1. The van der Waals surface area contributed by atoms with Gasteiger partial charge in [0.15, 0.2) is 0 Å². The fourth-order valence-corrected chi connectivity index (χ4v) is 4.26. The molecule has 3 N–H and O–H groups in total. The smallest absolute Gasteiger partial charge is 0.315 e. The minimum absolute atomic E-state index is 0.0816. The number of carbonyl (C=O) groups is 1. The summed E-state index contributed by atoms with van der Waals surface area (Å²) in [6.45, 7) is 6.41. The first-order chi connectivity index (χ1) is 13.1. The van der Waals surface area contributed by atoms with Gasteiger partial charge in [0.05, 0.1) is 19.3 Å². The number of carbonyl (C=O) groups excluding carboxylic acids is 1. The Hall–Kier alpha value is -1.63. The van der Waals surface area contributed by atoms with Crippen LogP contribution in [0.4, 0.5) is 4.79 Å². The molecular formula is C21H33N3O3. The number of amides is 2.